The molecule has 0 aliphatic heterocycles. The number of rotatable bonds is 10. The molecule has 0 heterocycles. The highest BCUT2D eigenvalue weighted by molar-refractivity contribution is 6.01. The Hall–Kier alpha value is -3.74. The van der Waals surface area contributed by atoms with Crippen LogP contribution in [0.2, 0.25) is 0 Å². The fraction of sp³-hybridized carbons (Fsp3) is 0.259. The van der Waals surface area contributed by atoms with Crippen molar-refractivity contribution in [2.45, 2.75) is 38.8 Å². The minimum absolute atomic E-state index is 0.160. The molecule has 3 aromatic carbocycles. The Morgan fingerprint density at radius 3 is 2.24 bits per heavy atom. The van der Waals surface area contributed by atoms with Crippen molar-refractivity contribution in [2.75, 3.05) is 6.54 Å². The van der Waals surface area contributed by atoms with Crippen LogP contribution in [0.5, 0.6) is 0 Å². The minimum Gasteiger partial charge on any atom is -0.445 e. The first-order valence-electron chi connectivity index (χ1n) is 11.1. The minimum atomic E-state index is -2.75. The summed E-state index contributed by atoms with van der Waals surface area (Å²) < 4.78 is 31.3. The Morgan fingerprint density at radius 2 is 1.50 bits per heavy atom. The van der Waals surface area contributed by atoms with Crippen LogP contribution < -0.4 is 10.6 Å². The summed E-state index contributed by atoms with van der Waals surface area (Å²) in [5, 5.41) is 5.47. The van der Waals surface area contributed by atoms with E-state index in [0.717, 1.165) is 23.6 Å². The quantitative estimate of drug-likeness (QED) is 0.363. The van der Waals surface area contributed by atoms with Crippen LogP contribution >= 0.6 is 0 Å². The Labute approximate surface area is 198 Å². The summed E-state index contributed by atoms with van der Waals surface area (Å²) in [4.78, 5) is 25.0. The number of benzene rings is 3. The predicted octanol–water partition coefficient (Wildman–Crippen LogP) is 5.95. The van der Waals surface area contributed by atoms with Crippen LogP contribution in [-0.2, 0) is 17.9 Å². The van der Waals surface area contributed by atoms with E-state index in [4.69, 9.17) is 4.74 Å². The lowest BCUT2D eigenvalue weighted by atomic mass is 9.95. The molecule has 0 aliphatic carbocycles. The molecule has 2 amide bonds. The molecule has 0 aliphatic rings. The third-order valence-electron chi connectivity index (χ3n) is 5.19. The average Bonchev–Trinajstić information content (AvgIpc) is 2.84. The van der Waals surface area contributed by atoms with E-state index in [1.165, 1.54) is 0 Å². The number of hydrogen-bond acceptors (Lipinski definition) is 3. The smallest absolute Gasteiger partial charge is 0.407 e. The Morgan fingerprint density at radius 1 is 0.853 bits per heavy atom. The number of alkyl carbamates (subject to hydrolysis) is 1. The molecule has 3 aromatic rings. The number of carbonyl (C=O) groups excluding carboxylic acids is 2. The van der Waals surface area contributed by atoms with Crippen LogP contribution in [0.25, 0.3) is 11.1 Å². The molecule has 0 fully saturated rings. The van der Waals surface area contributed by atoms with Crippen molar-refractivity contribution in [2.24, 2.45) is 0 Å². The summed E-state index contributed by atoms with van der Waals surface area (Å²) in [7, 11) is 0. The second kappa shape index (κ2) is 11.9. The van der Waals surface area contributed by atoms with Gasteiger partial charge in [-0.15, -0.1) is 0 Å². The molecule has 0 saturated carbocycles. The zero-order valence-corrected chi connectivity index (χ0v) is 19.0. The van der Waals surface area contributed by atoms with Gasteiger partial charge >= 0.3 is 6.09 Å². The maximum Gasteiger partial charge on any atom is 0.407 e. The van der Waals surface area contributed by atoms with Gasteiger partial charge in [0.15, 0.2) is 0 Å². The molecule has 3 rings (SSSR count). The molecule has 0 bridgehead atoms. The van der Waals surface area contributed by atoms with Crippen molar-refractivity contribution < 1.29 is 23.1 Å². The van der Waals surface area contributed by atoms with E-state index in [0.29, 0.717) is 11.1 Å². The van der Waals surface area contributed by atoms with Crippen LogP contribution in [0.15, 0.2) is 78.9 Å². The van der Waals surface area contributed by atoms with Gasteiger partial charge in [0.25, 0.3) is 5.91 Å². The molecule has 34 heavy (non-hydrogen) atoms. The van der Waals surface area contributed by atoms with Gasteiger partial charge in [-0.1, -0.05) is 72.8 Å². The van der Waals surface area contributed by atoms with Gasteiger partial charge in [-0.2, -0.15) is 0 Å². The van der Waals surface area contributed by atoms with E-state index in [9.17, 15) is 18.4 Å². The molecular formula is C27H28F2N2O3. The number of ether oxygens (including phenoxy) is 1. The zero-order valence-electron chi connectivity index (χ0n) is 19.0. The normalized spacial score (nSPS) is 11.0. The molecule has 0 radical (unpaired) electrons. The number of nitrogens with one attached hydrogen (secondary N) is 2. The third-order valence-corrected chi connectivity index (χ3v) is 5.19. The SMILES string of the molecule is CC(F)(F)CCCNC(=O)c1ccccc1-c1ccccc1CNC(=O)OCc1ccccc1. The Kier molecular flexibility index (Phi) is 8.73. The zero-order chi connectivity index (χ0) is 24.4. The monoisotopic (exact) mass is 466 g/mol. The summed E-state index contributed by atoms with van der Waals surface area (Å²) in [6.07, 6.45) is -0.648. The summed E-state index contributed by atoms with van der Waals surface area (Å²) >= 11 is 0. The van der Waals surface area contributed by atoms with E-state index in [1.807, 2.05) is 66.7 Å². The van der Waals surface area contributed by atoms with Crippen LogP contribution in [-0.4, -0.2) is 24.5 Å². The van der Waals surface area contributed by atoms with Gasteiger partial charge in [-0.05, 0) is 41.7 Å². The van der Waals surface area contributed by atoms with Crippen molar-refractivity contribution in [1.29, 1.82) is 0 Å². The number of alkyl halides is 2. The number of halogens is 2. The van der Waals surface area contributed by atoms with Crippen molar-refractivity contribution in [3.63, 3.8) is 0 Å². The largest absolute Gasteiger partial charge is 0.445 e. The standard InChI is InChI=1S/C27H28F2N2O3/c1-27(28,29)16-9-17-30-25(32)24-15-8-7-14-23(24)22-13-6-5-12-21(22)18-31-26(33)34-19-20-10-3-2-4-11-20/h2-8,10-15H,9,16-19H2,1H3,(H,30,32)(H,31,33). The van der Waals surface area contributed by atoms with Crippen LogP contribution in [0, 0.1) is 0 Å². The van der Waals surface area contributed by atoms with Gasteiger partial charge in [0.2, 0.25) is 5.92 Å². The molecule has 0 unspecified atom stereocenters. The van der Waals surface area contributed by atoms with Gasteiger partial charge in [-0.25, -0.2) is 13.6 Å². The van der Waals surface area contributed by atoms with Gasteiger partial charge in [0.1, 0.15) is 6.61 Å². The maximum absolute atomic E-state index is 13.0. The van der Waals surface area contributed by atoms with Crippen molar-refractivity contribution in [1.82, 2.24) is 10.6 Å². The van der Waals surface area contributed by atoms with Crippen molar-refractivity contribution in [3.05, 3.63) is 95.6 Å². The maximum atomic E-state index is 13.0. The highest BCUT2D eigenvalue weighted by atomic mass is 19.3. The second-order valence-electron chi connectivity index (χ2n) is 8.05. The van der Waals surface area contributed by atoms with E-state index in [2.05, 4.69) is 10.6 Å². The first-order valence-corrected chi connectivity index (χ1v) is 11.1. The van der Waals surface area contributed by atoms with Gasteiger partial charge in [0, 0.05) is 25.1 Å². The van der Waals surface area contributed by atoms with Gasteiger partial charge < -0.3 is 15.4 Å². The summed E-state index contributed by atoms with van der Waals surface area (Å²) in [5.41, 5.74) is 3.61. The first kappa shape index (κ1) is 24.9. The van der Waals surface area contributed by atoms with Crippen LogP contribution in [0.4, 0.5) is 13.6 Å². The Balaban J connectivity index is 1.65. The van der Waals surface area contributed by atoms with E-state index < -0.39 is 12.0 Å². The van der Waals surface area contributed by atoms with Crippen LogP contribution in [0.1, 0.15) is 41.3 Å². The third kappa shape index (κ3) is 7.69. The van der Waals surface area contributed by atoms with Gasteiger partial charge in [-0.3, -0.25) is 4.79 Å². The topological polar surface area (TPSA) is 67.4 Å². The molecule has 7 heteroatoms. The lowest BCUT2D eigenvalue weighted by molar-refractivity contribution is 0.0110. The lowest BCUT2D eigenvalue weighted by Crippen LogP contribution is -2.26. The first-order chi connectivity index (χ1) is 16.3. The molecule has 0 atom stereocenters. The average molecular weight is 467 g/mol. The number of carbonyl (C=O) groups is 2. The van der Waals surface area contributed by atoms with Crippen LogP contribution in [0.3, 0.4) is 0 Å². The fourth-order valence-corrected chi connectivity index (χ4v) is 3.49. The number of amides is 2. The summed E-state index contributed by atoms with van der Waals surface area (Å²) in [5.74, 6) is -3.09. The molecule has 0 saturated heterocycles. The second-order valence-corrected chi connectivity index (χ2v) is 8.05. The Bertz CT molecular complexity index is 1100. The summed E-state index contributed by atoms with van der Waals surface area (Å²) in [6, 6.07) is 23.9. The molecule has 2 N–H and O–H groups in total. The van der Waals surface area contributed by atoms with Crippen molar-refractivity contribution >= 4 is 12.0 Å². The molecule has 5 nitrogen and oxygen atoms in total. The predicted molar refractivity (Wildman–Crippen MR) is 128 cm³/mol. The molecule has 0 aromatic heterocycles. The highest BCUT2D eigenvalue weighted by Gasteiger charge is 2.20. The highest BCUT2D eigenvalue weighted by Crippen LogP contribution is 2.27. The van der Waals surface area contributed by atoms with E-state index in [1.54, 1.807) is 12.1 Å². The number of hydrogen-bond donors (Lipinski definition) is 2. The molecular weight excluding hydrogens is 438 g/mol. The van der Waals surface area contributed by atoms with Gasteiger partial charge in [0.05, 0.1) is 0 Å². The fourth-order valence-electron chi connectivity index (χ4n) is 3.49. The van der Waals surface area contributed by atoms with Crippen molar-refractivity contribution in [3.8, 4) is 11.1 Å². The molecule has 0 spiro atoms. The molecule has 178 valence electrons. The van der Waals surface area contributed by atoms with E-state index in [-0.39, 0.29) is 38.4 Å². The lowest BCUT2D eigenvalue weighted by Gasteiger charge is -2.15. The van der Waals surface area contributed by atoms with E-state index >= 15 is 0 Å². The summed E-state index contributed by atoms with van der Waals surface area (Å²) in [6.45, 7) is 1.41.